The first-order chi connectivity index (χ1) is 15.5. The summed E-state index contributed by atoms with van der Waals surface area (Å²) < 4.78 is 34.9. The fraction of sp³-hybridized carbons (Fsp3) is 0.120. The van der Waals surface area contributed by atoms with E-state index in [0.29, 0.717) is 40.3 Å². The zero-order chi connectivity index (χ0) is 22.6. The topological polar surface area (TPSA) is 81.2 Å². The third kappa shape index (κ3) is 4.56. The molecule has 0 bridgehead atoms. The molecule has 0 atom stereocenters. The Labute approximate surface area is 187 Å². The van der Waals surface area contributed by atoms with Gasteiger partial charge in [0.1, 0.15) is 10.6 Å². The smallest absolute Gasteiger partial charge is 0.264 e. The summed E-state index contributed by atoms with van der Waals surface area (Å²) >= 11 is 0. The Morgan fingerprint density at radius 3 is 2.72 bits per heavy atom. The number of ether oxygens (including phenoxy) is 1. The largest absolute Gasteiger partial charge is 0.492 e. The lowest BCUT2D eigenvalue weighted by Crippen LogP contribution is -2.16. The van der Waals surface area contributed by atoms with Gasteiger partial charge in [-0.05, 0) is 43.7 Å². The highest BCUT2D eigenvalue weighted by Gasteiger charge is 2.22. The van der Waals surface area contributed by atoms with Gasteiger partial charge in [-0.15, -0.1) is 0 Å². The van der Waals surface area contributed by atoms with E-state index in [-0.39, 0.29) is 4.90 Å². The van der Waals surface area contributed by atoms with Gasteiger partial charge < -0.3 is 4.74 Å². The minimum atomic E-state index is -3.90. The number of anilines is 1. The van der Waals surface area contributed by atoms with Gasteiger partial charge in [-0.2, -0.15) is 0 Å². The molecule has 0 radical (unpaired) electrons. The molecular formula is C25H21N3O3S. The van der Waals surface area contributed by atoms with Crippen LogP contribution < -0.4 is 9.46 Å². The lowest BCUT2D eigenvalue weighted by molar-refractivity contribution is 0.339. The lowest BCUT2D eigenvalue weighted by atomic mass is 10.1. The normalized spacial score (nSPS) is 10.9. The Morgan fingerprint density at radius 1 is 1.03 bits per heavy atom. The second-order valence-electron chi connectivity index (χ2n) is 7.03. The predicted octanol–water partition coefficient (Wildman–Crippen LogP) is 4.54. The highest BCUT2D eigenvalue weighted by Crippen LogP contribution is 2.27. The number of fused-ring (bicyclic) bond motifs is 1. The number of sulfonamides is 1. The maximum Gasteiger partial charge on any atom is 0.264 e. The number of hydrogen-bond acceptors (Lipinski definition) is 5. The van der Waals surface area contributed by atoms with E-state index in [1.54, 1.807) is 68.0 Å². The Balaban J connectivity index is 1.71. The van der Waals surface area contributed by atoms with Gasteiger partial charge in [0, 0.05) is 28.9 Å². The van der Waals surface area contributed by atoms with E-state index in [2.05, 4.69) is 26.5 Å². The fourth-order valence-electron chi connectivity index (χ4n) is 3.31. The fourth-order valence-corrected chi connectivity index (χ4v) is 4.79. The van der Waals surface area contributed by atoms with Crippen molar-refractivity contribution in [2.75, 3.05) is 11.3 Å². The molecule has 6 nitrogen and oxygen atoms in total. The summed E-state index contributed by atoms with van der Waals surface area (Å²) in [5.74, 6) is 6.70. The number of aryl methyl sites for hydroxylation is 1. The molecule has 2 heterocycles. The average Bonchev–Trinajstić information content (AvgIpc) is 2.78. The van der Waals surface area contributed by atoms with Crippen LogP contribution in [0, 0.1) is 18.8 Å². The molecule has 2 aromatic heterocycles. The lowest BCUT2D eigenvalue weighted by Gasteiger charge is -2.13. The first-order valence-electron chi connectivity index (χ1n) is 10.0. The summed E-state index contributed by atoms with van der Waals surface area (Å²) in [6.07, 6.45) is 4.84. The predicted molar refractivity (Wildman–Crippen MR) is 125 cm³/mol. The Kier molecular flexibility index (Phi) is 6.06. The number of aromatic nitrogens is 2. The summed E-state index contributed by atoms with van der Waals surface area (Å²) in [6.45, 7) is 4.19. The van der Waals surface area contributed by atoms with Crippen molar-refractivity contribution in [2.45, 2.75) is 18.7 Å². The van der Waals surface area contributed by atoms with Crippen molar-refractivity contribution in [3.05, 3.63) is 89.9 Å². The van der Waals surface area contributed by atoms with Crippen molar-refractivity contribution in [2.24, 2.45) is 0 Å². The minimum absolute atomic E-state index is 0.159. The van der Waals surface area contributed by atoms with Gasteiger partial charge >= 0.3 is 0 Å². The molecule has 0 fully saturated rings. The van der Waals surface area contributed by atoms with Crippen molar-refractivity contribution in [3.63, 3.8) is 0 Å². The number of nitrogens with one attached hydrogen (secondary N) is 1. The Bertz CT molecular complexity index is 1450. The second-order valence-corrected chi connectivity index (χ2v) is 8.65. The summed E-state index contributed by atoms with van der Waals surface area (Å²) in [4.78, 5) is 8.59. The molecule has 0 aliphatic rings. The molecule has 0 saturated carbocycles. The number of benzene rings is 2. The molecule has 0 spiro atoms. The SMILES string of the molecule is CCOc1cncc(C#Cc2ccccc2NS(=O)(=O)c2c(C)ccc3cccnc23)c1. The summed E-state index contributed by atoms with van der Waals surface area (Å²) in [6, 6.07) is 16.1. The highest BCUT2D eigenvalue weighted by atomic mass is 32.2. The monoisotopic (exact) mass is 443 g/mol. The number of nitrogens with zero attached hydrogens (tertiary/aromatic N) is 2. The number of rotatable bonds is 5. The molecule has 2 aromatic carbocycles. The zero-order valence-electron chi connectivity index (χ0n) is 17.7. The highest BCUT2D eigenvalue weighted by molar-refractivity contribution is 7.93. The molecule has 160 valence electrons. The van der Waals surface area contributed by atoms with Crippen molar-refractivity contribution in [1.29, 1.82) is 0 Å². The summed E-state index contributed by atoms with van der Waals surface area (Å²) in [5, 5.41) is 0.758. The second kappa shape index (κ2) is 9.08. The van der Waals surface area contributed by atoms with Gasteiger partial charge in [0.15, 0.2) is 0 Å². The number of pyridine rings is 2. The van der Waals surface area contributed by atoms with E-state index >= 15 is 0 Å². The third-order valence-electron chi connectivity index (χ3n) is 4.73. The van der Waals surface area contributed by atoms with Crippen LogP contribution in [0.2, 0.25) is 0 Å². The van der Waals surface area contributed by atoms with Crippen LogP contribution >= 0.6 is 0 Å². The van der Waals surface area contributed by atoms with Gasteiger partial charge in [-0.3, -0.25) is 14.7 Å². The average molecular weight is 444 g/mol. The summed E-state index contributed by atoms with van der Waals surface area (Å²) in [7, 11) is -3.90. The van der Waals surface area contributed by atoms with Crippen LogP contribution in [0.5, 0.6) is 5.75 Å². The summed E-state index contributed by atoms with van der Waals surface area (Å²) in [5.41, 5.74) is 2.65. The standard InChI is InChI=1S/C25H21N3O3S/c1-3-31-22-15-19(16-26-17-22)11-13-20-7-4-5-9-23(20)28-32(29,30)25-18(2)10-12-21-8-6-14-27-24(21)25/h4-10,12,14-17,28H,3H2,1-2H3. The number of para-hydroxylation sites is 1. The molecule has 1 N–H and O–H groups in total. The van der Waals surface area contributed by atoms with Crippen LogP contribution in [0.4, 0.5) is 5.69 Å². The molecule has 0 saturated heterocycles. The van der Waals surface area contributed by atoms with E-state index in [0.717, 1.165) is 5.39 Å². The maximum atomic E-state index is 13.4. The van der Waals surface area contributed by atoms with E-state index in [9.17, 15) is 8.42 Å². The molecule has 0 aliphatic heterocycles. The van der Waals surface area contributed by atoms with Crippen LogP contribution in [0.1, 0.15) is 23.6 Å². The molecule has 0 unspecified atom stereocenters. The number of hydrogen-bond donors (Lipinski definition) is 1. The molecule has 7 heteroatoms. The van der Waals surface area contributed by atoms with Gasteiger partial charge in [0.25, 0.3) is 10.0 Å². The van der Waals surface area contributed by atoms with Crippen molar-refractivity contribution in [3.8, 4) is 17.6 Å². The van der Waals surface area contributed by atoms with E-state index in [1.807, 2.05) is 19.1 Å². The van der Waals surface area contributed by atoms with Gasteiger partial charge in [-0.1, -0.05) is 42.2 Å². The zero-order valence-corrected chi connectivity index (χ0v) is 18.5. The first kappa shape index (κ1) is 21.3. The Morgan fingerprint density at radius 2 is 1.88 bits per heavy atom. The third-order valence-corrected chi connectivity index (χ3v) is 6.27. The van der Waals surface area contributed by atoms with Gasteiger partial charge in [0.2, 0.25) is 0 Å². The van der Waals surface area contributed by atoms with E-state index in [1.165, 1.54) is 0 Å². The molecule has 0 aliphatic carbocycles. The molecule has 4 rings (SSSR count). The van der Waals surface area contributed by atoms with Crippen LogP contribution in [-0.4, -0.2) is 25.0 Å². The Hall–Kier alpha value is -3.89. The molecule has 0 amide bonds. The van der Waals surface area contributed by atoms with Crippen molar-refractivity contribution in [1.82, 2.24) is 9.97 Å². The van der Waals surface area contributed by atoms with Crippen LogP contribution in [0.3, 0.4) is 0 Å². The van der Waals surface area contributed by atoms with Gasteiger partial charge in [0.05, 0.1) is 24.0 Å². The molecule has 4 aromatic rings. The van der Waals surface area contributed by atoms with Crippen LogP contribution in [-0.2, 0) is 10.0 Å². The minimum Gasteiger partial charge on any atom is -0.492 e. The van der Waals surface area contributed by atoms with Gasteiger partial charge in [-0.25, -0.2) is 8.42 Å². The van der Waals surface area contributed by atoms with E-state index < -0.39 is 10.0 Å². The first-order valence-corrected chi connectivity index (χ1v) is 11.5. The maximum absolute atomic E-state index is 13.4. The van der Waals surface area contributed by atoms with Crippen LogP contribution in [0.15, 0.2) is 78.1 Å². The van der Waals surface area contributed by atoms with Crippen molar-refractivity contribution >= 4 is 26.6 Å². The van der Waals surface area contributed by atoms with Crippen LogP contribution in [0.25, 0.3) is 10.9 Å². The van der Waals surface area contributed by atoms with E-state index in [4.69, 9.17) is 4.74 Å². The molecular weight excluding hydrogens is 422 g/mol. The van der Waals surface area contributed by atoms with Crippen molar-refractivity contribution < 1.29 is 13.2 Å². The molecule has 32 heavy (non-hydrogen) atoms. The quantitative estimate of drug-likeness (QED) is 0.458.